The van der Waals surface area contributed by atoms with Gasteiger partial charge in [-0.15, -0.1) is 0 Å². The van der Waals surface area contributed by atoms with Crippen molar-refractivity contribution >= 4 is 11.9 Å². The van der Waals surface area contributed by atoms with Gasteiger partial charge < -0.3 is 11.1 Å². The van der Waals surface area contributed by atoms with E-state index >= 15 is 0 Å². The summed E-state index contributed by atoms with van der Waals surface area (Å²) in [6.07, 6.45) is 4.27. The van der Waals surface area contributed by atoms with Crippen LogP contribution in [-0.2, 0) is 0 Å². The number of benzene rings is 1. The van der Waals surface area contributed by atoms with Crippen LogP contribution in [0.25, 0.3) is 11.1 Å². The molecule has 2 rings (SSSR count). The van der Waals surface area contributed by atoms with Crippen molar-refractivity contribution in [3.8, 4) is 11.1 Å². The number of nitrogen functional groups attached to an aromatic ring is 1. The van der Waals surface area contributed by atoms with Crippen LogP contribution in [0.2, 0.25) is 0 Å². The normalized spacial score (nSPS) is 10.6. The van der Waals surface area contributed by atoms with E-state index in [0.717, 1.165) is 17.5 Å². The molecule has 1 aromatic carbocycles. The first-order chi connectivity index (χ1) is 10.1. The van der Waals surface area contributed by atoms with Gasteiger partial charge in [0.2, 0.25) is 5.95 Å². The van der Waals surface area contributed by atoms with Crippen LogP contribution in [0.3, 0.4) is 0 Å². The predicted octanol–water partition coefficient (Wildman–Crippen LogP) is 2.50. The van der Waals surface area contributed by atoms with Gasteiger partial charge in [-0.25, -0.2) is 9.97 Å². The van der Waals surface area contributed by atoms with Crippen molar-refractivity contribution in [1.82, 2.24) is 15.3 Å². The average Bonchev–Trinajstić information content (AvgIpc) is 2.47. The third-order valence-corrected chi connectivity index (χ3v) is 3.14. The lowest BCUT2D eigenvalue weighted by molar-refractivity contribution is 0.0952. The minimum Gasteiger partial charge on any atom is -0.368 e. The van der Waals surface area contributed by atoms with Crippen molar-refractivity contribution < 1.29 is 4.79 Å². The Labute approximate surface area is 124 Å². The quantitative estimate of drug-likeness (QED) is 0.884. The summed E-state index contributed by atoms with van der Waals surface area (Å²) in [7, 11) is 0. The van der Waals surface area contributed by atoms with E-state index in [-0.39, 0.29) is 11.9 Å². The third-order valence-electron chi connectivity index (χ3n) is 3.14. The number of carbonyl (C=O) groups is 1. The molecular weight excluding hydrogens is 264 g/mol. The fourth-order valence-electron chi connectivity index (χ4n) is 1.90. The molecule has 0 atom stereocenters. The number of anilines is 1. The van der Waals surface area contributed by atoms with Gasteiger partial charge in [-0.2, -0.15) is 0 Å². The van der Waals surface area contributed by atoms with E-state index in [1.54, 1.807) is 18.5 Å². The molecule has 0 aliphatic carbocycles. The highest BCUT2D eigenvalue weighted by molar-refractivity contribution is 5.95. The number of amides is 1. The second kappa shape index (κ2) is 6.83. The van der Waals surface area contributed by atoms with Gasteiger partial charge in [0.15, 0.2) is 0 Å². The number of rotatable bonds is 5. The molecule has 5 heteroatoms. The second-order valence-corrected chi connectivity index (χ2v) is 5.35. The molecule has 0 radical (unpaired) electrons. The van der Waals surface area contributed by atoms with Gasteiger partial charge in [0.1, 0.15) is 0 Å². The van der Waals surface area contributed by atoms with Crippen molar-refractivity contribution in [3.63, 3.8) is 0 Å². The molecule has 0 bridgehead atoms. The highest BCUT2D eigenvalue weighted by Gasteiger charge is 2.07. The topological polar surface area (TPSA) is 80.9 Å². The van der Waals surface area contributed by atoms with Crippen LogP contribution in [0, 0.1) is 5.92 Å². The van der Waals surface area contributed by atoms with Gasteiger partial charge in [-0.3, -0.25) is 4.79 Å². The molecular formula is C16H20N4O. The third kappa shape index (κ3) is 4.27. The first kappa shape index (κ1) is 15.0. The van der Waals surface area contributed by atoms with E-state index in [2.05, 4.69) is 29.1 Å². The SMILES string of the molecule is CC(C)CCNC(=O)c1cccc(-c2cnc(N)nc2)c1. The van der Waals surface area contributed by atoms with Crippen LogP contribution in [0.5, 0.6) is 0 Å². The number of nitrogens with one attached hydrogen (secondary N) is 1. The zero-order valence-electron chi connectivity index (χ0n) is 12.3. The molecule has 1 amide bonds. The van der Waals surface area contributed by atoms with Crippen molar-refractivity contribution in [2.45, 2.75) is 20.3 Å². The van der Waals surface area contributed by atoms with Crippen LogP contribution in [0.4, 0.5) is 5.95 Å². The highest BCUT2D eigenvalue weighted by atomic mass is 16.1. The number of aromatic nitrogens is 2. The maximum Gasteiger partial charge on any atom is 0.251 e. The summed E-state index contributed by atoms with van der Waals surface area (Å²) in [5.41, 5.74) is 7.84. The zero-order chi connectivity index (χ0) is 15.2. The minimum absolute atomic E-state index is 0.0612. The van der Waals surface area contributed by atoms with E-state index in [4.69, 9.17) is 5.73 Å². The van der Waals surface area contributed by atoms with Gasteiger partial charge >= 0.3 is 0 Å². The van der Waals surface area contributed by atoms with Crippen molar-refractivity contribution in [2.75, 3.05) is 12.3 Å². The van der Waals surface area contributed by atoms with E-state index in [1.165, 1.54) is 0 Å². The van der Waals surface area contributed by atoms with Gasteiger partial charge in [-0.05, 0) is 30.0 Å². The Bertz CT molecular complexity index is 608. The molecule has 5 nitrogen and oxygen atoms in total. The lowest BCUT2D eigenvalue weighted by Gasteiger charge is -2.08. The molecule has 2 aromatic rings. The Hall–Kier alpha value is -2.43. The highest BCUT2D eigenvalue weighted by Crippen LogP contribution is 2.19. The molecule has 0 fully saturated rings. The fourth-order valence-corrected chi connectivity index (χ4v) is 1.90. The zero-order valence-corrected chi connectivity index (χ0v) is 12.3. The van der Waals surface area contributed by atoms with E-state index < -0.39 is 0 Å². The Morgan fingerprint density at radius 2 is 1.95 bits per heavy atom. The lowest BCUT2D eigenvalue weighted by Crippen LogP contribution is -2.25. The van der Waals surface area contributed by atoms with Crippen molar-refractivity contribution in [1.29, 1.82) is 0 Å². The molecule has 0 aliphatic heterocycles. The van der Waals surface area contributed by atoms with Crippen LogP contribution < -0.4 is 11.1 Å². The molecule has 0 unspecified atom stereocenters. The van der Waals surface area contributed by atoms with Gasteiger partial charge in [0, 0.05) is 30.1 Å². The van der Waals surface area contributed by atoms with Gasteiger partial charge in [-0.1, -0.05) is 26.0 Å². The standard InChI is InChI=1S/C16H20N4O/c1-11(2)6-7-18-15(21)13-5-3-4-12(8-13)14-9-19-16(17)20-10-14/h3-5,8-11H,6-7H2,1-2H3,(H,18,21)(H2,17,19,20). The number of nitrogens with zero attached hydrogens (tertiary/aromatic N) is 2. The number of hydrogen-bond acceptors (Lipinski definition) is 4. The monoisotopic (exact) mass is 284 g/mol. The van der Waals surface area contributed by atoms with Crippen LogP contribution >= 0.6 is 0 Å². The first-order valence-electron chi connectivity index (χ1n) is 7.02. The maximum absolute atomic E-state index is 12.1. The smallest absolute Gasteiger partial charge is 0.251 e. The average molecular weight is 284 g/mol. The first-order valence-corrected chi connectivity index (χ1v) is 7.02. The molecule has 110 valence electrons. The number of hydrogen-bond donors (Lipinski definition) is 2. The van der Waals surface area contributed by atoms with Gasteiger partial charge in [0.05, 0.1) is 0 Å². The summed E-state index contributed by atoms with van der Waals surface area (Å²) in [6.45, 7) is 4.95. The van der Waals surface area contributed by atoms with Crippen LogP contribution in [-0.4, -0.2) is 22.4 Å². The summed E-state index contributed by atoms with van der Waals surface area (Å²) < 4.78 is 0. The molecule has 3 N–H and O–H groups in total. The van der Waals surface area contributed by atoms with Crippen LogP contribution in [0.1, 0.15) is 30.6 Å². The van der Waals surface area contributed by atoms with Crippen molar-refractivity contribution in [3.05, 3.63) is 42.2 Å². The summed E-state index contributed by atoms with van der Waals surface area (Å²) in [5, 5.41) is 2.93. The Morgan fingerprint density at radius 3 is 2.62 bits per heavy atom. The summed E-state index contributed by atoms with van der Waals surface area (Å²) >= 11 is 0. The number of nitrogens with two attached hydrogens (primary N) is 1. The number of carbonyl (C=O) groups excluding carboxylic acids is 1. The summed E-state index contributed by atoms with van der Waals surface area (Å²) in [4.78, 5) is 20.0. The molecule has 1 heterocycles. The molecule has 21 heavy (non-hydrogen) atoms. The minimum atomic E-state index is -0.0612. The molecule has 0 saturated carbocycles. The molecule has 0 aliphatic rings. The molecule has 1 aromatic heterocycles. The summed E-state index contributed by atoms with van der Waals surface area (Å²) in [6, 6.07) is 7.40. The van der Waals surface area contributed by atoms with Gasteiger partial charge in [0.25, 0.3) is 5.91 Å². The second-order valence-electron chi connectivity index (χ2n) is 5.35. The van der Waals surface area contributed by atoms with Crippen LogP contribution in [0.15, 0.2) is 36.7 Å². The Balaban J connectivity index is 2.10. The Morgan fingerprint density at radius 1 is 1.24 bits per heavy atom. The van der Waals surface area contributed by atoms with E-state index in [9.17, 15) is 4.79 Å². The molecule has 0 spiro atoms. The lowest BCUT2D eigenvalue weighted by atomic mass is 10.1. The predicted molar refractivity (Wildman–Crippen MR) is 83.7 cm³/mol. The molecule has 0 saturated heterocycles. The maximum atomic E-state index is 12.1. The Kier molecular flexibility index (Phi) is 4.87. The summed E-state index contributed by atoms with van der Waals surface area (Å²) in [5.74, 6) is 0.749. The van der Waals surface area contributed by atoms with E-state index in [1.807, 2.05) is 18.2 Å². The fraction of sp³-hybridized carbons (Fsp3) is 0.312. The van der Waals surface area contributed by atoms with Crippen molar-refractivity contribution in [2.24, 2.45) is 5.92 Å². The largest absolute Gasteiger partial charge is 0.368 e. The van der Waals surface area contributed by atoms with E-state index in [0.29, 0.717) is 18.0 Å².